The lowest BCUT2D eigenvalue weighted by Gasteiger charge is -2.40. The molecule has 0 saturated carbocycles. The molecule has 2 rings (SSSR count). The fraction of sp³-hybridized carbons (Fsp3) is 0.500. The number of hydrogen-bond donors (Lipinski definition) is 3. The van der Waals surface area contributed by atoms with E-state index in [2.05, 4.69) is 27.3 Å². The molecule has 1 fully saturated rings. The van der Waals surface area contributed by atoms with E-state index in [9.17, 15) is 14.7 Å². The predicted molar refractivity (Wildman–Crippen MR) is 96.1 cm³/mol. The fourth-order valence-corrected chi connectivity index (χ4v) is 2.87. The van der Waals surface area contributed by atoms with Crippen molar-refractivity contribution in [1.29, 1.82) is 0 Å². The van der Waals surface area contributed by atoms with E-state index in [4.69, 9.17) is 11.6 Å². The van der Waals surface area contributed by atoms with Crippen molar-refractivity contribution in [2.45, 2.75) is 0 Å². The van der Waals surface area contributed by atoms with Crippen LogP contribution in [0.3, 0.4) is 0 Å². The van der Waals surface area contributed by atoms with Gasteiger partial charge in [-0.05, 0) is 13.1 Å². The van der Waals surface area contributed by atoms with Crippen LogP contribution in [0.1, 0.15) is 0 Å². The lowest BCUT2D eigenvalue weighted by molar-refractivity contribution is -0.905. The molecule has 146 valence electrons. The molecule has 2 amide bonds. The molecule has 8 nitrogen and oxygen atoms in total. The summed E-state index contributed by atoms with van der Waals surface area (Å²) in [5, 5.41) is 15.3. The number of likely N-dealkylation sites (N-methyl/N-ethyl adjacent to an activating group) is 2. The average Bonchev–Trinajstić information content (AvgIpc) is 2.55. The summed E-state index contributed by atoms with van der Waals surface area (Å²) in [6.45, 7) is 3.97. The third-order valence-corrected chi connectivity index (χ3v) is 4.66. The number of phenols is 1. The number of methoxy groups -OCH3 is 1. The van der Waals surface area contributed by atoms with Gasteiger partial charge in [0, 0.05) is 19.2 Å². The first-order chi connectivity index (χ1) is 11.7. The second kappa shape index (κ2) is 9.27. The highest BCUT2D eigenvalue weighted by Crippen LogP contribution is 2.34. The summed E-state index contributed by atoms with van der Waals surface area (Å²) in [6.07, 6.45) is -0.703. The number of ether oxygens (including phenoxy) is 1. The van der Waals surface area contributed by atoms with Gasteiger partial charge in [0.05, 0.1) is 43.6 Å². The summed E-state index contributed by atoms with van der Waals surface area (Å²) in [5.74, 6) is -0.391. The summed E-state index contributed by atoms with van der Waals surface area (Å²) >= 11 is 6.08. The van der Waals surface area contributed by atoms with Gasteiger partial charge < -0.3 is 32.1 Å². The average molecular weight is 407 g/mol. The summed E-state index contributed by atoms with van der Waals surface area (Å²) in [5.41, 5.74) is 0.396. The number of carbonyl (C=O) groups excluding carboxylic acids is 2. The second-order valence-corrected chi connectivity index (χ2v) is 6.95. The Balaban J connectivity index is 0.00000338. The van der Waals surface area contributed by atoms with Crippen molar-refractivity contribution in [2.24, 2.45) is 0 Å². The van der Waals surface area contributed by atoms with Crippen molar-refractivity contribution in [3.8, 4) is 5.75 Å². The van der Waals surface area contributed by atoms with Gasteiger partial charge in [0.1, 0.15) is 5.75 Å². The molecule has 1 aliphatic rings. The van der Waals surface area contributed by atoms with Crippen LogP contribution in [-0.4, -0.2) is 80.4 Å². The van der Waals surface area contributed by atoms with Gasteiger partial charge in [-0.1, -0.05) is 11.6 Å². The number of amides is 2. The fourth-order valence-electron chi connectivity index (χ4n) is 2.66. The number of quaternary nitrogens is 1. The molecular weight excluding hydrogens is 383 g/mol. The zero-order valence-electron chi connectivity index (χ0n) is 15.0. The van der Waals surface area contributed by atoms with Gasteiger partial charge >= 0.3 is 6.09 Å². The highest BCUT2D eigenvalue weighted by molar-refractivity contribution is 6.34. The van der Waals surface area contributed by atoms with Crippen LogP contribution in [-0.2, 0) is 9.53 Å². The maximum absolute atomic E-state index is 12.4. The third-order valence-electron chi connectivity index (χ3n) is 4.35. The minimum Gasteiger partial charge on any atom is -1.00 e. The van der Waals surface area contributed by atoms with Crippen LogP contribution in [0.25, 0.3) is 0 Å². The van der Waals surface area contributed by atoms with Crippen LogP contribution in [0.5, 0.6) is 5.75 Å². The monoisotopic (exact) mass is 406 g/mol. The molecule has 1 saturated heterocycles. The van der Waals surface area contributed by atoms with Gasteiger partial charge in [-0.15, -0.1) is 0 Å². The van der Waals surface area contributed by atoms with Crippen LogP contribution >= 0.6 is 11.6 Å². The van der Waals surface area contributed by atoms with Crippen LogP contribution in [0.2, 0.25) is 5.02 Å². The maximum Gasteiger partial charge on any atom is 0.411 e. The molecule has 0 unspecified atom stereocenters. The van der Waals surface area contributed by atoms with E-state index in [1.807, 2.05) is 7.05 Å². The molecule has 1 aromatic carbocycles. The molecule has 26 heavy (non-hydrogen) atoms. The molecule has 0 spiro atoms. The Morgan fingerprint density at radius 3 is 2.46 bits per heavy atom. The summed E-state index contributed by atoms with van der Waals surface area (Å²) in [4.78, 5) is 25.8. The lowest BCUT2D eigenvalue weighted by atomic mass is 10.2. The Morgan fingerprint density at radius 1 is 1.27 bits per heavy atom. The Bertz CT molecular complexity index is 664. The Labute approximate surface area is 164 Å². The molecule has 3 N–H and O–H groups in total. The Hall–Kier alpha value is -1.74. The summed E-state index contributed by atoms with van der Waals surface area (Å²) in [6, 6.07) is 2.66. The number of rotatable bonds is 4. The predicted octanol–water partition coefficient (Wildman–Crippen LogP) is -1.44. The number of aromatic hydroxyl groups is 1. The highest BCUT2D eigenvalue weighted by atomic mass is 35.5. The molecule has 0 aromatic heterocycles. The number of nitrogens with zero attached hydrogens (tertiary/aromatic N) is 2. The molecule has 0 aliphatic carbocycles. The molecular formula is C16H24Cl2N4O4. The van der Waals surface area contributed by atoms with Crippen molar-refractivity contribution in [3.05, 3.63) is 17.2 Å². The number of anilines is 2. The van der Waals surface area contributed by atoms with E-state index in [1.165, 1.54) is 19.2 Å². The first-order valence-corrected chi connectivity index (χ1v) is 8.29. The quantitative estimate of drug-likeness (QED) is 0.420. The Morgan fingerprint density at radius 2 is 1.88 bits per heavy atom. The second-order valence-electron chi connectivity index (χ2n) is 6.54. The van der Waals surface area contributed by atoms with Crippen LogP contribution in [0.15, 0.2) is 12.1 Å². The lowest BCUT2D eigenvalue weighted by Crippen LogP contribution is -3.00. The minimum absolute atomic E-state index is 0. The van der Waals surface area contributed by atoms with Gasteiger partial charge in [0.15, 0.2) is 6.54 Å². The van der Waals surface area contributed by atoms with Crippen molar-refractivity contribution in [2.75, 3.05) is 64.6 Å². The summed E-state index contributed by atoms with van der Waals surface area (Å²) in [7, 11) is 5.33. The normalized spacial score (nSPS) is 16.3. The molecule has 1 heterocycles. The smallest absolute Gasteiger partial charge is 0.411 e. The molecule has 0 atom stereocenters. The topological polar surface area (TPSA) is 90.9 Å². The van der Waals surface area contributed by atoms with Gasteiger partial charge in [0.25, 0.3) is 5.91 Å². The number of phenolic OH excluding ortho intramolecular Hbond substituents is 1. The van der Waals surface area contributed by atoms with Gasteiger partial charge in [0.2, 0.25) is 0 Å². The molecule has 0 radical (unpaired) electrons. The van der Waals surface area contributed by atoms with E-state index in [0.717, 1.165) is 26.2 Å². The highest BCUT2D eigenvalue weighted by Gasteiger charge is 2.30. The minimum atomic E-state index is -0.703. The van der Waals surface area contributed by atoms with Crippen LogP contribution in [0, 0.1) is 0 Å². The standard InChI is InChI=1S/C16H23ClN4O4.ClH/c1-20-4-6-21(2,7-5-20)10-15(23)18-13-8-11(17)12(9-14(13)22)19-16(24)25-3;/h8-9H,4-7,10H2,1-3H3,(H2-,18,19,22,23,24);1H. The van der Waals surface area contributed by atoms with E-state index < -0.39 is 6.09 Å². The van der Waals surface area contributed by atoms with Crippen molar-refractivity contribution >= 4 is 35.0 Å². The van der Waals surface area contributed by atoms with E-state index in [0.29, 0.717) is 11.0 Å². The van der Waals surface area contributed by atoms with Crippen molar-refractivity contribution in [1.82, 2.24) is 4.90 Å². The number of nitrogens with one attached hydrogen (secondary N) is 2. The van der Waals surface area contributed by atoms with E-state index in [-0.39, 0.29) is 40.5 Å². The van der Waals surface area contributed by atoms with E-state index in [1.54, 1.807) is 0 Å². The van der Waals surface area contributed by atoms with Crippen molar-refractivity contribution < 1.29 is 36.3 Å². The van der Waals surface area contributed by atoms with E-state index >= 15 is 0 Å². The summed E-state index contributed by atoms with van der Waals surface area (Å²) < 4.78 is 5.13. The van der Waals surface area contributed by atoms with Crippen molar-refractivity contribution in [3.63, 3.8) is 0 Å². The van der Waals surface area contributed by atoms with Gasteiger partial charge in [-0.2, -0.15) is 0 Å². The van der Waals surface area contributed by atoms with Crippen LogP contribution in [0.4, 0.5) is 16.2 Å². The number of piperazine rings is 1. The Kier molecular flexibility index (Phi) is 7.95. The molecule has 0 bridgehead atoms. The van der Waals surface area contributed by atoms with Crippen LogP contribution < -0.4 is 23.0 Å². The number of hydrogen-bond acceptors (Lipinski definition) is 5. The first kappa shape index (κ1) is 22.3. The zero-order chi connectivity index (χ0) is 18.6. The number of benzene rings is 1. The number of halogens is 2. The largest absolute Gasteiger partial charge is 1.00 e. The third kappa shape index (κ3) is 5.91. The molecule has 10 heteroatoms. The SMILES string of the molecule is COC(=O)Nc1cc(O)c(NC(=O)C[N+]2(C)CCN(C)CC2)cc1Cl.[Cl-]. The zero-order valence-corrected chi connectivity index (χ0v) is 16.5. The maximum atomic E-state index is 12.4. The van der Waals surface area contributed by atoms with Gasteiger partial charge in [-0.25, -0.2) is 4.79 Å². The first-order valence-electron chi connectivity index (χ1n) is 7.92. The van der Waals surface area contributed by atoms with Gasteiger partial charge in [-0.3, -0.25) is 15.0 Å². The molecule has 1 aromatic rings. The number of carbonyl (C=O) groups is 2. The molecule has 1 aliphatic heterocycles.